The van der Waals surface area contributed by atoms with Gasteiger partial charge in [0.25, 0.3) is 5.91 Å². The minimum Gasteiger partial charge on any atom is -0.361 e. The zero-order valence-corrected chi connectivity index (χ0v) is 14.0. The molecule has 3 aromatic rings. The molecule has 0 aliphatic heterocycles. The van der Waals surface area contributed by atoms with E-state index in [0.29, 0.717) is 0 Å². The van der Waals surface area contributed by atoms with Gasteiger partial charge in [-0.05, 0) is 30.2 Å². The number of rotatable bonds is 6. The number of hydroxylamine groups is 1. The van der Waals surface area contributed by atoms with Crippen molar-refractivity contribution in [2.45, 2.75) is 17.4 Å². The largest absolute Gasteiger partial charge is 0.361 e. The standard InChI is InChI=1S/C17H17N3O4S/c21-17(19-22)16(20-25(23,24)13-6-2-1-3-7-13)10-12-11-18-15-9-5-4-8-14(12)15/h1-9,11,16,18,20,22H,10H2,(H,19,21)/t16-/m1/s1. The van der Waals surface area contributed by atoms with Crippen LogP contribution in [-0.4, -0.2) is 30.6 Å². The van der Waals surface area contributed by atoms with Gasteiger partial charge in [0.1, 0.15) is 6.04 Å². The Morgan fingerprint density at radius 1 is 1.08 bits per heavy atom. The van der Waals surface area contributed by atoms with Gasteiger partial charge in [-0.15, -0.1) is 0 Å². The summed E-state index contributed by atoms with van der Waals surface area (Å²) in [6, 6.07) is 14.1. The predicted octanol–water partition coefficient (Wildman–Crippen LogP) is 1.56. The topological polar surface area (TPSA) is 111 Å². The summed E-state index contributed by atoms with van der Waals surface area (Å²) >= 11 is 0. The van der Waals surface area contributed by atoms with Crippen molar-refractivity contribution >= 4 is 26.8 Å². The van der Waals surface area contributed by atoms with Crippen LogP contribution < -0.4 is 10.2 Å². The normalized spacial score (nSPS) is 12.8. The lowest BCUT2D eigenvalue weighted by Gasteiger charge is -2.16. The van der Waals surface area contributed by atoms with Gasteiger partial charge in [0.15, 0.2) is 0 Å². The van der Waals surface area contributed by atoms with Crippen LogP contribution in [0.3, 0.4) is 0 Å². The fourth-order valence-corrected chi connectivity index (χ4v) is 3.86. The Balaban J connectivity index is 1.89. The van der Waals surface area contributed by atoms with Crippen molar-refractivity contribution in [1.29, 1.82) is 0 Å². The van der Waals surface area contributed by atoms with Gasteiger partial charge in [-0.3, -0.25) is 10.0 Å². The third-order valence-electron chi connectivity index (χ3n) is 3.88. The van der Waals surface area contributed by atoms with Gasteiger partial charge in [0, 0.05) is 17.1 Å². The number of hydrogen-bond acceptors (Lipinski definition) is 4. The first kappa shape index (κ1) is 17.2. The SMILES string of the molecule is O=C(NO)[C@@H](Cc1c[nH]c2ccccc12)NS(=O)(=O)c1ccccc1. The van der Waals surface area contributed by atoms with E-state index in [9.17, 15) is 13.2 Å². The van der Waals surface area contributed by atoms with Gasteiger partial charge < -0.3 is 4.98 Å². The summed E-state index contributed by atoms with van der Waals surface area (Å²) in [6.07, 6.45) is 1.81. The zero-order chi connectivity index (χ0) is 17.9. The summed E-state index contributed by atoms with van der Waals surface area (Å²) in [4.78, 5) is 15.1. The number of aromatic amines is 1. The molecule has 0 aliphatic carbocycles. The number of aromatic nitrogens is 1. The number of benzene rings is 2. The smallest absolute Gasteiger partial charge is 0.261 e. The quantitative estimate of drug-likeness (QED) is 0.395. The maximum atomic E-state index is 12.5. The molecule has 1 heterocycles. The van der Waals surface area contributed by atoms with Crippen LogP contribution in [0.1, 0.15) is 5.56 Å². The molecule has 7 nitrogen and oxygen atoms in total. The second-order valence-corrected chi connectivity index (χ2v) is 7.24. The lowest BCUT2D eigenvalue weighted by Crippen LogP contribution is -2.47. The van der Waals surface area contributed by atoms with Crippen LogP contribution in [0.2, 0.25) is 0 Å². The molecule has 0 fully saturated rings. The van der Waals surface area contributed by atoms with Crippen molar-refractivity contribution in [2.24, 2.45) is 0 Å². The summed E-state index contributed by atoms with van der Waals surface area (Å²) in [6.45, 7) is 0. The van der Waals surface area contributed by atoms with E-state index in [1.54, 1.807) is 24.4 Å². The molecule has 2 aromatic carbocycles. The van der Waals surface area contributed by atoms with Crippen molar-refractivity contribution in [3.63, 3.8) is 0 Å². The van der Waals surface area contributed by atoms with E-state index in [2.05, 4.69) is 9.71 Å². The second-order valence-electron chi connectivity index (χ2n) is 5.53. The number of fused-ring (bicyclic) bond motifs is 1. The van der Waals surface area contributed by atoms with Crippen LogP contribution in [-0.2, 0) is 21.2 Å². The molecular weight excluding hydrogens is 342 g/mol. The van der Waals surface area contributed by atoms with Crippen molar-refractivity contribution in [1.82, 2.24) is 15.2 Å². The highest BCUT2D eigenvalue weighted by Crippen LogP contribution is 2.20. The Kier molecular flexibility index (Phi) is 4.84. The highest BCUT2D eigenvalue weighted by atomic mass is 32.2. The third-order valence-corrected chi connectivity index (χ3v) is 5.36. The first-order chi connectivity index (χ1) is 12.0. The molecule has 0 saturated carbocycles. The van der Waals surface area contributed by atoms with Crippen LogP contribution in [0.25, 0.3) is 10.9 Å². The molecule has 4 N–H and O–H groups in total. The number of H-pyrrole nitrogens is 1. The van der Waals surface area contributed by atoms with Gasteiger partial charge in [0.05, 0.1) is 4.90 Å². The van der Waals surface area contributed by atoms with Gasteiger partial charge in [0.2, 0.25) is 10.0 Å². The van der Waals surface area contributed by atoms with Crippen LogP contribution in [0.5, 0.6) is 0 Å². The van der Waals surface area contributed by atoms with Crippen molar-refractivity contribution in [2.75, 3.05) is 0 Å². The van der Waals surface area contributed by atoms with Crippen LogP contribution in [0.15, 0.2) is 65.7 Å². The monoisotopic (exact) mass is 359 g/mol. The molecule has 0 bridgehead atoms. The van der Waals surface area contributed by atoms with Gasteiger partial charge in [-0.2, -0.15) is 4.72 Å². The van der Waals surface area contributed by atoms with E-state index in [-0.39, 0.29) is 11.3 Å². The Morgan fingerprint density at radius 3 is 2.48 bits per heavy atom. The van der Waals surface area contributed by atoms with Gasteiger partial charge in [-0.1, -0.05) is 36.4 Å². The number of carbonyl (C=O) groups excluding carboxylic acids is 1. The second kappa shape index (κ2) is 7.06. The van der Waals surface area contributed by atoms with Crippen molar-refractivity contribution in [3.8, 4) is 0 Å². The molecule has 1 aromatic heterocycles. The number of sulfonamides is 1. The fourth-order valence-electron chi connectivity index (χ4n) is 2.64. The number of hydrogen-bond donors (Lipinski definition) is 4. The molecule has 3 rings (SSSR count). The predicted molar refractivity (Wildman–Crippen MR) is 92.5 cm³/mol. The van der Waals surface area contributed by atoms with Crippen molar-refractivity contribution < 1.29 is 18.4 Å². The molecular formula is C17H17N3O4S. The third kappa shape index (κ3) is 3.71. The van der Waals surface area contributed by atoms with E-state index in [1.165, 1.54) is 17.6 Å². The number of para-hydroxylation sites is 1. The minimum absolute atomic E-state index is 0.0460. The molecule has 130 valence electrons. The number of nitrogens with one attached hydrogen (secondary N) is 3. The Hall–Kier alpha value is -2.68. The summed E-state index contributed by atoms with van der Waals surface area (Å²) in [5.74, 6) is -0.829. The molecule has 1 amide bonds. The average Bonchev–Trinajstić information content (AvgIpc) is 3.04. The first-order valence-electron chi connectivity index (χ1n) is 7.57. The van der Waals surface area contributed by atoms with Crippen LogP contribution >= 0.6 is 0 Å². The Morgan fingerprint density at radius 2 is 1.76 bits per heavy atom. The molecule has 25 heavy (non-hydrogen) atoms. The van der Waals surface area contributed by atoms with E-state index in [0.717, 1.165) is 16.5 Å². The molecule has 8 heteroatoms. The summed E-state index contributed by atoms with van der Waals surface area (Å²) in [5.41, 5.74) is 3.17. The molecule has 0 spiro atoms. The molecule has 0 aliphatic rings. The summed E-state index contributed by atoms with van der Waals surface area (Å²) in [5, 5.41) is 9.86. The minimum atomic E-state index is -3.90. The van der Waals surface area contributed by atoms with E-state index < -0.39 is 22.0 Å². The average molecular weight is 359 g/mol. The highest BCUT2D eigenvalue weighted by molar-refractivity contribution is 7.89. The number of carbonyl (C=O) groups is 1. The lowest BCUT2D eigenvalue weighted by molar-refractivity contribution is -0.130. The lowest BCUT2D eigenvalue weighted by atomic mass is 10.1. The van der Waals surface area contributed by atoms with E-state index in [1.807, 2.05) is 24.3 Å². The summed E-state index contributed by atoms with van der Waals surface area (Å²) in [7, 11) is -3.90. The molecule has 0 saturated heterocycles. The molecule has 0 radical (unpaired) electrons. The Labute approximate surface area is 144 Å². The summed E-state index contributed by atoms with van der Waals surface area (Å²) < 4.78 is 27.3. The fraction of sp³-hybridized carbons (Fsp3) is 0.118. The zero-order valence-electron chi connectivity index (χ0n) is 13.1. The van der Waals surface area contributed by atoms with E-state index >= 15 is 0 Å². The number of amides is 1. The Bertz CT molecular complexity index is 983. The van der Waals surface area contributed by atoms with Crippen LogP contribution in [0.4, 0.5) is 0 Å². The van der Waals surface area contributed by atoms with E-state index in [4.69, 9.17) is 5.21 Å². The molecule has 1 atom stereocenters. The maximum absolute atomic E-state index is 12.5. The first-order valence-corrected chi connectivity index (χ1v) is 9.06. The van der Waals surface area contributed by atoms with Gasteiger partial charge >= 0.3 is 0 Å². The van der Waals surface area contributed by atoms with Crippen LogP contribution in [0, 0.1) is 0 Å². The van der Waals surface area contributed by atoms with Crippen molar-refractivity contribution in [3.05, 3.63) is 66.4 Å². The maximum Gasteiger partial charge on any atom is 0.261 e. The molecule has 0 unspecified atom stereocenters. The van der Waals surface area contributed by atoms with Gasteiger partial charge in [-0.25, -0.2) is 13.9 Å². The highest BCUT2D eigenvalue weighted by Gasteiger charge is 2.26.